The van der Waals surface area contributed by atoms with Crippen LogP contribution in [-0.4, -0.2) is 20.2 Å². The van der Waals surface area contributed by atoms with Crippen molar-refractivity contribution >= 4 is 0 Å². The number of nitrogens with zero attached hydrogens (tertiary/aromatic N) is 3. The van der Waals surface area contributed by atoms with Gasteiger partial charge in [0.05, 0.1) is 0 Å². The zero-order valence-corrected chi connectivity index (χ0v) is 8.51. The molecule has 0 aliphatic heterocycles. The van der Waals surface area contributed by atoms with Gasteiger partial charge in [-0.15, -0.1) is 0 Å². The average molecular weight is 205 g/mol. The van der Waals surface area contributed by atoms with Crippen LogP contribution in [0.4, 0.5) is 0 Å². The minimum absolute atomic E-state index is 0.204. The first-order chi connectivity index (χ1) is 7.18. The Bertz CT molecular complexity index is 465. The van der Waals surface area contributed by atoms with Gasteiger partial charge in [-0.2, -0.15) is 4.98 Å². The molecule has 1 atom stereocenters. The fourth-order valence-corrected chi connectivity index (χ4v) is 1.22. The molecule has 0 spiro atoms. The molecule has 0 amide bonds. The summed E-state index contributed by atoms with van der Waals surface area (Å²) >= 11 is 0. The van der Waals surface area contributed by atoms with Crippen LogP contribution in [0.1, 0.15) is 24.5 Å². The summed E-state index contributed by atoms with van der Waals surface area (Å²) in [6.45, 7) is 3.49. The average Bonchev–Trinajstić information content (AvgIpc) is 2.67. The van der Waals surface area contributed by atoms with Crippen molar-refractivity contribution in [3.63, 3.8) is 0 Å². The van der Waals surface area contributed by atoms with Crippen molar-refractivity contribution in [1.82, 2.24) is 15.1 Å². The third kappa shape index (κ3) is 1.87. The second kappa shape index (κ2) is 3.78. The predicted octanol–water partition coefficient (Wildman–Crippen LogP) is 1.49. The number of aliphatic hydroxyl groups excluding tert-OH is 1. The van der Waals surface area contributed by atoms with Gasteiger partial charge in [0.1, 0.15) is 11.8 Å². The Balaban J connectivity index is 2.42. The van der Waals surface area contributed by atoms with Crippen LogP contribution < -0.4 is 0 Å². The molecule has 2 rings (SSSR count). The summed E-state index contributed by atoms with van der Waals surface area (Å²) < 4.78 is 4.88. The van der Waals surface area contributed by atoms with E-state index in [4.69, 9.17) is 4.52 Å². The first kappa shape index (κ1) is 9.79. The third-order valence-electron chi connectivity index (χ3n) is 2.02. The Morgan fingerprint density at radius 1 is 1.47 bits per heavy atom. The number of aliphatic hydroxyl groups is 1. The summed E-state index contributed by atoms with van der Waals surface area (Å²) in [6.07, 6.45) is 0.913. The highest BCUT2D eigenvalue weighted by molar-refractivity contribution is 5.53. The van der Waals surface area contributed by atoms with Crippen LogP contribution in [0.15, 0.2) is 22.9 Å². The number of hydrogen-bond donors (Lipinski definition) is 1. The first-order valence-electron chi connectivity index (χ1n) is 4.62. The molecule has 15 heavy (non-hydrogen) atoms. The highest BCUT2D eigenvalue weighted by Crippen LogP contribution is 2.19. The second-order valence-corrected chi connectivity index (χ2v) is 3.30. The summed E-state index contributed by atoms with van der Waals surface area (Å²) in [5, 5.41) is 13.0. The SMILES string of the molecule is Cc1cccnc1-c1noc(C(C)O)n1. The monoisotopic (exact) mass is 205 g/mol. The Kier molecular flexibility index (Phi) is 2.47. The van der Waals surface area contributed by atoms with Gasteiger partial charge in [-0.3, -0.25) is 4.98 Å². The van der Waals surface area contributed by atoms with Crippen LogP contribution >= 0.6 is 0 Å². The zero-order valence-electron chi connectivity index (χ0n) is 8.51. The van der Waals surface area contributed by atoms with Crippen LogP contribution in [0.5, 0.6) is 0 Å². The maximum Gasteiger partial charge on any atom is 0.255 e. The Hall–Kier alpha value is -1.75. The largest absolute Gasteiger partial charge is 0.384 e. The van der Waals surface area contributed by atoms with Crippen LogP contribution in [0, 0.1) is 6.92 Å². The van der Waals surface area contributed by atoms with Crippen molar-refractivity contribution in [3.8, 4) is 11.5 Å². The molecule has 78 valence electrons. The van der Waals surface area contributed by atoms with Crippen molar-refractivity contribution in [1.29, 1.82) is 0 Å². The molecule has 1 N–H and O–H groups in total. The fraction of sp³-hybridized carbons (Fsp3) is 0.300. The van der Waals surface area contributed by atoms with E-state index in [0.29, 0.717) is 11.5 Å². The molecule has 0 saturated carbocycles. The molecule has 0 aromatic carbocycles. The fourth-order valence-electron chi connectivity index (χ4n) is 1.22. The van der Waals surface area contributed by atoms with E-state index in [1.807, 2.05) is 19.1 Å². The number of pyridine rings is 1. The number of aryl methyl sites for hydroxylation is 1. The number of rotatable bonds is 2. The molecule has 5 nitrogen and oxygen atoms in total. The van der Waals surface area contributed by atoms with Gasteiger partial charge >= 0.3 is 0 Å². The molecule has 2 heterocycles. The van der Waals surface area contributed by atoms with Gasteiger partial charge in [0, 0.05) is 6.20 Å². The van der Waals surface area contributed by atoms with Crippen LogP contribution in [-0.2, 0) is 0 Å². The van der Waals surface area contributed by atoms with E-state index >= 15 is 0 Å². The number of aromatic nitrogens is 3. The van der Waals surface area contributed by atoms with E-state index in [1.54, 1.807) is 13.1 Å². The first-order valence-corrected chi connectivity index (χ1v) is 4.62. The zero-order chi connectivity index (χ0) is 10.8. The molecule has 5 heteroatoms. The van der Waals surface area contributed by atoms with Crippen molar-refractivity contribution in [2.45, 2.75) is 20.0 Å². The van der Waals surface area contributed by atoms with Crippen molar-refractivity contribution in [2.24, 2.45) is 0 Å². The molecular formula is C10H11N3O2. The maximum atomic E-state index is 9.24. The molecular weight excluding hydrogens is 194 g/mol. The topological polar surface area (TPSA) is 72.0 Å². The Morgan fingerprint density at radius 3 is 2.87 bits per heavy atom. The molecule has 1 unspecified atom stereocenters. The molecule has 0 aliphatic rings. The lowest BCUT2D eigenvalue weighted by molar-refractivity contribution is 0.152. The van der Waals surface area contributed by atoms with Crippen molar-refractivity contribution in [3.05, 3.63) is 29.8 Å². The molecule has 2 aromatic rings. The smallest absolute Gasteiger partial charge is 0.255 e. The molecule has 0 aliphatic carbocycles. The molecule has 0 fully saturated rings. The Labute approximate surface area is 86.8 Å². The lowest BCUT2D eigenvalue weighted by atomic mass is 10.2. The summed E-state index contributed by atoms with van der Waals surface area (Å²) in [7, 11) is 0. The van der Waals surface area contributed by atoms with Gasteiger partial charge in [-0.1, -0.05) is 11.2 Å². The molecule has 0 radical (unpaired) electrons. The van der Waals surface area contributed by atoms with Gasteiger partial charge in [0.25, 0.3) is 5.89 Å². The van der Waals surface area contributed by atoms with E-state index in [9.17, 15) is 5.11 Å². The van der Waals surface area contributed by atoms with E-state index in [2.05, 4.69) is 15.1 Å². The van der Waals surface area contributed by atoms with Gasteiger partial charge < -0.3 is 9.63 Å². The summed E-state index contributed by atoms with van der Waals surface area (Å²) in [4.78, 5) is 8.21. The summed E-state index contributed by atoms with van der Waals surface area (Å²) in [6, 6.07) is 3.76. The lowest BCUT2D eigenvalue weighted by Gasteiger charge is -1.97. The lowest BCUT2D eigenvalue weighted by Crippen LogP contribution is -1.92. The van der Waals surface area contributed by atoms with Crippen LogP contribution in [0.3, 0.4) is 0 Å². The second-order valence-electron chi connectivity index (χ2n) is 3.30. The summed E-state index contributed by atoms with van der Waals surface area (Å²) in [5.41, 5.74) is 1.64. The van der Waals surface area contributed by atoms with Gasteiger partial charge in [-0.25, -0.2) is 0 Å². The maximum absolute atomic E-state index is 9.24. The molecule has 0 bridgehead atoms. The van der Waals surface area contributed by atoms with Gasteiger partial charge in [-0.05, 0) is 25.5 Å². The van der Waals surface area contributed by atoms with Crippen LogP contribution in [0.2, 0.25) is 0 Å². The highest BCUT2D eigenvalue weighted by atomic mass is 16.5. The van der Waals surface area contributed by atoms with Gasteiger partial charge in [0.15, 0.2) is 0 Å². The standard InChI is InChI=1S/C10H11N3O2/c1-6-4-3-5-11-8(6)9-12-10(7(2)14)15-13-9/h3-5,7,14H,1-2H3. The minimum Gasteiger partial charge on any atom is -0.384 e. The molecule has 0 saturated heterocycles. The van der Waals surface area contributed by atoms with E-state index in [0.717, 1.165) is 5.56 Å². The highest BCUT2D eigenvalue weighted by Gasteiger charge is 2.14. The summed E-state index contributed by atoms with van der Waals surface area (Å²) in [5.74, 6) is 0.610. The minimum atomic E-state index is -0.754. The van der Waals surface area contributed by atoms with E-state index < -0.39 is 6.10 Å². The van der Waals surface area contributed by atoms with Crippen LogP contribution in [0.25, 0.3) is 11.5 Å². The van der Waals surface area contributed by atoms with Gasteiger partial charge in [0.2, 0.25) is 5.82 Å². The molecule has 2 aromatic heterocycles. The normalized spacial score (nSPS) is 12.7. The quantitative estimate of drug-likeness (QED) is 0.804. The van der Waals surface area contributed by atoms with E-state index in [-0.39, 0.29) is 5.89 Å². The third-order valence-corrected chi connectivity index (χ3v) is 2.02. The van der Waals surface area contributed by atoms with Crippen molar-refractivity contribution in [2.75, 3.05) is 0 Å². The number of hydrogen-bond acceptors (Lipinski definition) is 5. The Morgan fingerprint density at radius 2 is 2.27 bits per heavy atom. The predicted molar refractivity (Wildman–Crippen MR) is 52.9 cm³/mol. The van der Waals surface area contributed by atoms with Crippen molar-refractivity contribution < 1.29 is 9.63 Å². The van der Waals surface area contributed by atoms with E-state index in [1.165, 1.54) is 0 Å².